The minimum atomic E-state index is -2.23. The Labute approximate surface area is 182 Å². The van der Waals surface area contributed by atoms with Crippen LogP contribution >= 0.6 is 11.6 Å². The summed E-state index contributed by atoms with van der Waals surface area (Å²) in [5.41, 5.74) is 4.45. The number of aromatic nitrogens is 2. The number of rotatable bonds is 6. The number of hydroxylamine groups is 1. The molecule has 1 aliphatic heterocycles. The van der Waals surface area contributed by atoms with Gasteiger partial charge in [-0.2, -0.15) is 5.10 Å². The lowest BCUT2D eigenvalue weighted by molar-refractivity contribution is -0.124. The summed E-state index contributed by atoms with van der Waals surface area (Å²) in [4.78, 5) is 13.5. The minimum Gasteiger partial charge on any atom is -0.371 e. The van der Waals surface area contributed by atoms with Gasteiger partial charge in [0.05, 0.1) is 5.69 Å². The van der Waals surface area contributed by atoms with Crippen molar-refractivity contribution >= 4 is 46.2 Å². The van der Waals surface area contributed by atoms with Gasteiger partial charge in [-0.25, -0.2) is 9.69 Å². The fraction of sp³-hybridized carbons (Fsp3) is 0.368. The largest absolute Gasteiger partial charge is 0.371 e. The van der Waals surface area contributed by atoms with Crippen LogP contribution in [0.4, 0.5) is 11.4 Å². The molecule has 1 atom stereocenters. The monoisotopic (exact) mass is 453 g/mol. The van der Waals surface area contributed by atoms with Gasteiger partial charge in [0.2, 0.25) is 0 Å². The molecule has 1 saturated heterocycles. The maximum absolute atomic E-state index is 12.2. The number of piperidine rings is 1. The van der Waals surface area contributed by atoms with E-state index in [0.29, 0.717) is 42.5 Å². The highest BCUT2D eigenvalue weighted by molar-refractivity contribution is 7.80. The first-order chi connectivity index (χ1) is 14.3. The number of carbonyl (C=O) groups excluding carboxylic acids is 1. The molecule has 11 heteroatoms. The average Bonchev–Trinajstić information content (AvgIpc) is 2.99. The Morgan fingerprint density at radius 1 is 1.37 bits per heavy atom. The summed E-state index contributed by atoms with van der Waals surface area (Å²) in [6, 6.07) is 7.46. The number of benzene rings is 1. The summed E-state index contributed by atoms with van der Waals surface area (Å²) < 4.78 is 25.1. The van der Waals surface area contributed by atoms with E-state index in [4.69, 9.17) is 16.8 Å². The van der Waals surface area contributed by atoms with Crippen LogP contribution in [-0.4, -0.2) is 48.8 Å². The second-order valence-electron chi connectivity index (χ2n) is 6.99. The van der Waals surface area contributed by atoms with E-state index >= 15 is 0 Å². The van der Waals surface area contributed by atoms with Gasteiger partial charge in [0.1, 0.15) is 5.69 Å². The molecule has 0 saturated carbocycles. The number of halogens is 1. The highest BCUT2D eigenvalue weighted by Gasteiger charge is 2.32. The van der Waals surface area contributed by atoms with Crippen LogP contribution in [0.2, 0.25) is 5.15 Å². The lowest BCUT2D eigenvalue weighted by atomic mass is 10.0. The minimum absolute atomic E-state index is 0.171. The van der Waals surface area contributed by atoms with Crippen molar-refractivity contribution in [2.45, 2.75) is 25.8 Å². The standard InChI is InChI=1S/C19H24ClN5O4S/c1-13-18(19(20)23(2)21-13)25(30(28)29)15-9-11-24(12-10-15)16-6-4-3-5-14(16)7-8-17(26)22-27/h3-8,15,27H,9-12H2,1-2H3,(H,22,26)(H,28,29)/b8-7+. The molecular formula is C19H24ClN5O4S. The summed E-state index contributed by atoms with van der Waals surface area (Å²) in [7, 11) is 1.70. The number of nitrogens with zero attached hydrogens (tertiary/aromatic N) is 4. The fourth-order valence-corrected chi connectivity index (χ4v) is 4.87. The molecule has 1 fully saturated rings. The van der Waals surface area contributed by atoms with Crippen molar-refractivity contribution in [3.8, 4) is 0 Å². The van der Waals surface area contributed by atoms with Crippen LogP contribution in [0.5, 0.6) is 0 Å². The predicted molar refractivity (Wildman–Crippen MR) is 117 cm³/mol. The van der Waals surface area contributed by atoms with Gasteiger partial charge in [0.25, 0.3) is 17.2 Å². The van der Waals surface area contributed by atoms with Crippen LogP contribution in [0.3, 0.4) is 0 Å². The van der Waals surface area contributed by atoms with Crippen molar-refractivity contribution in [2.75, 3.05) is 22.3 Å². The Morgan fingerprint density at radius 3 is 2.60 bits per heavy atom. The third kappa shape index (κ3) is 4.67. The molecule has 1 amide bonds. The lowest BCUT2D eigenvalue weighted by Gasteiger charge is -2.38. The van der Waals surface area contributed by atoms with E-state index in [1.54, 1.807) is 25.5 Å². The normalized spacial score (nSPS) is 16.1. The second-order valence-corrected chi connectivity index (χ2v) is 8.20. The van der Waals surface area contributed by atoms with E-state index in [-0.39, 0.29) is 6.04 Å². The van der Waals surface area contributed by atoms with Gasteiger partial charge in [-0.15, -0.1) is 0 Å². The van der Waals surface area contributed by atoms with E-state index in [2.05, 4.69) is 10.00 Å². The topological polar surface area (TPSA) is 111 Å². The summed E-state index contributed by atoms with van der Waals surface area (Å²) in [6.45, 7) is 3.08. The highest BCUT2D eigenvalue weighted by Crippen LogP contribution is 2.35. The number of anilines is 2. The maximum atomic E-state index is 12.2. The molecule has 0 spiro atoms. The first-order valence-corrected chi connectivity index (χ1v) is 10.8. The maximum Gasteiger partial charge on any atom is 0.267 e. The summed E-state index contributed by atoms with van der Waals surface area (Å²) in [6.07, 6.45) is 4.19. The molecule has 1 unspecified atom stereocenters. The number of aryl methyl sites for hydroxylation is 2. The van der Waals surface area contributed by atoms with Gasteiger partial charge >= 0.3 is 0 Å². The molecule has 1 aliphatic rings. The molecule has 1 aromatic carbocycles. The summed E-state index contributed by atoms with van der Waals surface area (Å²) in [5, 5.41) is 13.2. The summed E-state index contributed by atoms with van der Waals surface area (Å²) in [5.74, 6) is -0.603. The second kappa shape index (κ2) is 9.61. The molecule has 3 N–H and O–H groups in total. The lowest BCUT2D eigenvalue weighted by Crippen LogP contribution is -2.46. The Morgan fingerprint density at radius 2 is 2.03 bits per heavy atom. The van der Waals surface area contributed by atoms with Crippen LogP contribution in [0, 0.1) is 6.92 Å². The van der Waals surface area contributed by atoms with Crippen LogP contribution in [0.25, 0.3) is 6.08 Å². The molecule has 9 nitrogen and oxygen atoms in total. The molecule has 0 aliphatic carbocycles. The number of hydrogen-bond donors (Lipinski definition) is 3. The van der Waals surface area contributed by atoms with Gasteiger partial charge < -0.3 is 4.90 Å². The zero-order valence-electron chi connectivity index (χ0n) is 16.7. The van der Waals surface area contributed by atoms with Gasteiger partial charge in [-0.05, 0) is 37.5 Å². The molecule has 0 bridgehead atoms. The van der Waals surface area contributed by atoms with Crippen molar-refractivity contribution in [3.63, 3.8) is 0 Å². The molecule has 1 aromatic heterocycles. The number of amides is 1. The van der Waals surface area contributed by atoms with Gasteiger partial charge in [-0.1, -0.05) is 29.8 Å². The Kier molecular flexibility index (Phi) is 7.14. The van der Waals surface area contributed by atoms with Crippen LogP contribution in [0.15, 0.2) is 30.3 Å². The summed E-state index contributed by atoms with van der Waals surface area (Å²) >= 11 is 4.10. The number of para-hydroxylation sites is 1. The Bertz CT molecular complexity index is 972. The third-order valence-corrected chi connectivity index (χ3v) is 6.35. The number of hydrogen-bond acceptors (Lipinski definition) is 5. The van der Waals surface area contributed by atoms with Crippen molar-refractivity contribution in [2.24, 2.45) is 7.05 Å². The van der Waals surface area contributed by atoms with Crippen molar-refractivity contribution in [3.05, 3.63) is 46.8 Å². The van der Waals surface area contributed by atoms with Crippen LogP contribution in [0.1, 0.15) is 24.1 Å². The van der Waals surface area contributed by atoms with Gasteiger partial charge in [0.15, 0.2) is 5.15 Å². The van der Waals surface area contributed by atoms with E-state index < -0.39 is 17.2 Å². The molecule has 162 valence electrons. The van der Waals surface area contributed by atoms with Crippen molar-refractivity contribution in [1.82, 2.24) is 15.3 Å². The Balaban J connectivity index is 1.78. The first kappa shape index (κ1) is 22.3. The molecular weight excluding hydrogens is 430 g/mol. The number of nitrogens with one attached hydrogen (secondary N) is 1. The van der Waals surface area contributed by atoms with E-state index in [1.807, 2.05) is 24.3 Å². The van der Waals surface area contributed by atoms with Crippen molar-refractivity contribution < 1.29 is 18.8 Å². The zero-order valence-corrected chi connectivity index (χ0v) is 18.2. The molecule has 0 radical (unpaired) electrons. The predicted octanol–water partition coefficient (Wildman–Crippen LogP) is 2.51. The van der Waals surface area contributed by atoms with Crippen LogP contribution < -0.4 is 14.7 Å². The average molecular weight is 454 g/mol. The van der Waals surface area contributed by atoms with E-state index in [0.717, 1.165) is 11.3 Å². The first-order valence-electron chi connectivity index (χ1n) is 9.39. The third-order valence-electron chi connectivity index (χ3n) is 5.11. The van der Waals surface area contributed by atoms with Crippen molar-refractivity contribution in [1.29, 1.82) is 0 Å². The zero-order chi connectivity index (χ0) is 21.8. The van der Waals surface area contributed by atoms with Gasteiger partial charge in [0, 0.05) is 37.9 Å². The molecule has 2 heterocycles. The SMILES string of the molecule is Cc1nn(C)c(Cl)c1N(C1CCN(c2ccccc2/C=C/C(=O)NO)CC1)S(=O)O. The Hall–Kier alpha value is -2.40. The smallest absolute Gasteiger partial charge is 0.267 e. The van der Waals surface area contributed by atoms with Gasteiger partial charge in [-0.3, -0.25) is 23.5 Å². The fourth-order valence-electron chi connectivity index (χ4n) is 3.72. The molecule has 3 rings (SSSR count). The van der Waals surface area contributed by atoms with E-state index in [1.165, 1.54) is 15.1 Å². The number of carbonyl (C=O) groups is 1. The quantitative estimate of drug-likeness (QED) is 0.268. The molecule has 2 aromatic rings. The van der Waals surface area contributed by atoms with Crippen LogP contribution in [-0.2, 0) is 23.1 Å². The van der Waals surface area contributed by atoms with E-state index in [9.17, 15) is 13.6 Å². The highest BCUT2D eigenvalue weighted by atomic mass is 35.5. The molecule has 30 heavy (non-hydrogen) atoms.